The summed E-state index contributed by atoms with van der Waals surface area (Å²) in [5.41, 5.74) is 1.22. The first-order chi connectivity index (χ1) is 10.2. The highest BCUT2D eigenvalue weighted by Crippen LogP contribution is 2.30. The second-order valence-electron chi connectivity index (χ2n) is 4.16. The number of para-hydroxylation sites is 1. The van der Waals surface area contributed by atoms with E-state index in [0.717, 1.165) is 5.56 Å². The minimum Gasteiger partial charge on any atom is -0.492 e. The number of hydrogen-bond acceptors (Lipinski definition) is 4. The fourth-order valence-electron chi connectivity index (χ4n) is 1.80. The average molecular weight is 282 g/mol. The van der Waals surface area contributed by atoms with Gasteiger partial charge in [0, 0.05) is 6.08 Å². The van der Waals surface area contributed by atoms with Gasteiger partial charge < -0.3 is 9.47 Å². The van der Waals surface area contributed by atoms with E-state index < -0.39 is 5.97 Å². The van der Waals surface area contributed by atoms with E-state index in [4.69, 9.17) is 9.47 Å². The lowest BCUT2D eigenvalue weighted by Crippen LogP contribution is -2.06. The van der Waals surface area contributed by atoms with E-state index in [1.54, 1.807) is 24.3 Å². The lowest BCUT2D eigenvalue weighted by Gasteiger charge is -2.09. The molecule has 0 fully saturated rings. The van der Waals surface area contributed by atoms with E-state index in [0.29, 0.717) is 11.8 Å². The predicted molar refractivity (Wildman–Crippen MR) is 79.5 cm³/mol. The summed E-state index contributed by atoms with van der Waals surface area (Å²) in [6, 6.07) is 14.2. The van der Waals surface area contributed by atoms with Gasteiger partial charge in [-0.15, -0.1) is 0 Å². The molecular formula is C17H14O4. The van der Waals surface area contributed by atoms with Crippen molar-refractivity contribution in [3.63, 3.8) is 0 Å². The van der Waals surface area contributed by atoms with Crippen LogP contribution in [0.3, 0.4) is 0 Å². The van der Waals surface area contributed by atoms with Crippen LogP contribution in [0.2, 0.25) is 0 Å². The van der Waals surface area contributed by atoms with Crippen LogP contribution >= 0.6 is 0 Å². The van der Waals surface area contributed by atoms with Crippen molar-refractivity contribution >= 4 is 18.3 Å². The number of methoxy groups -OCH3 is 1. The van der Waals surface area contributed by atoms with Crippen molar-refractivity contribution in [1.29, 1.82) is 0 Å². The molecule has 0 N–H and O–H groups in total. The average Bonchev–Trinajstić information content (AvgIpc) is 2.53. The Morgan fingerprint density at radius 2 is 1.81 bits per heavy atom. The molecule has 0 spiro atoms. The molecule has 2 aromatic rings. The van der Waals surface area contributed by atoms with Gasteiger partial charge in [-0.05, 0) is 23.8 Å². The summed E-state index contributed by atoms with van der Waals surface area (Å²) in [7, 11) is 1.42. The molecule has 0 aliphatic heterocycles. The SMILES string of the molecule is COc1c(C=O)cccc1OC(=O)C=Cc1ccccc1. The van der Waals surface area contributed by atoms with Gasteiger partial charge in [0.15, 0.2) is 17.8 Å². The second kappa shape index (κ2) is 7.05. The van der Waals surface area contributed by atoms with Gasteiger partial charge in [0.1, 0.15) is 0 Å². The largest absolute Gasteiger partial charge is 0.492 e. The van der Waals surface area contributed by atoms with E-state index in [1.165, 1.54) is 13.2 Å². The molecule has 0 radical (unpaired) electrons. The molecule has 21 heavy (non-hydrogen) atoms. The number of esters is 1. The van der Waals surface area contributed by atoms with E-state index in [9.17, 15) is 9.59 Å². The molecule has 4 heteroatoms. The van der Waals surface area contributed by atoms with E-state index >= 15 is 0 Å². The Morgan fingerprint density at radius 1 is 1.05 bits per heavy atom. The smallest absolute Gasteiger partial charge is 0.336 e. The summed E-state index contributed by atoms with van der Waals surface area (Å²) < 4.78 is 10.3. The molecule has 0 saturated heterocycles. The molecule has 0 atom stereocenters. The number of carbonyl (C=O) groups excluding carboxylic acids is 2. The van der Waals surface area contributed by atoms with Crippen molar-refractivity contribution in [3.05, 3.63) is 65.7 Å². The topological polar surface area (TPSA) is 52.6 Å². The number of benzene rings is 2. The summed E-state index contributed by atoms with van der Waals surface area (Å²) in [6.45, 7) is 0. The molecule has 2 aromatic carbocycles. The maximum absolute atomic E-state index is 11.8. The highest BCUT2D eigenvalue weighted by molar-refractivity contribution is 5.90. The van der Waals surface area contributed by atoms with Gasteiger partial charge >= 0.3 is 5.97 Å². The van der Waals surface area contributed by atoms with Gasteiger partial charge in [-0.25, -0.2) is 4.79 Å². The number of ether oxygens (including phenoxy) is 2. The first kappa shape index (κ1) is 14.5. The van der Waals surface area contributed by atoms with Crippen LogP contribution in [-0.4, -0.2) is 19.4 Å². The van der Waals surface area contributed by atoms with Crippen molar-refractivity contribution in [1.82, 2.24) is 0 Å². The van der Waals surface area contributed by atoms with Gasteiger partial charge in [0.25, 0.3) is 0 Å². The number of aldehydes is 1. The summed E-state index contributed by atoms with van der Waals surface area (Å²) in [5.74, 6) is -0.0843. The van der Waals surface area contributed by atoms with E-state index in [1.807, 2.05) is 30.3 Å². The maximum atomic E-state index is 11.8. The number of rotatable bonds is 5. The maximum Gasteiger partial charge on any atom is 0.336 e. The van der Waals surface area contributed by atoms with Crippen LogP contribution in [0.5, 0.6) is 11.5 Å². The fraction of sp³-hybridized carbons (Fsp3) is 0.0588. The lowest BCUT2D eigenvalue weighted by molar-refractivity contribution is -0.129. The monoisotopic (exact) mass is 282 g/mol. The van der Waals surface area contributed by atoms with Crippen molar-refractivity contribution in [2.24, 2.45) is 0 Å². The second-order valence-corrected chi connectivity index (χ2v) is 4.16. The minimum absolute atomic E-state index is 0.213. The third-order valence-electron chi connectivity index (χ3n) is 2.76. The summed E-state index contributed by atoms with van der Waals surface area (Å²) >= 11 is 0. The molecule has 106 valence electrons. The zero-order valence-corrected chi connectivity index (χ0v) is 11.5. The highest BCUT2D eigenvalue weighted by atomic mass is 16.6. The molecule has 0 heterocycles. The molecule has 0 bridgehead atoms. The van der Waals surface area contributed by atoms with Gasteiger partial charge in [0.05, 0.1) is 12.7 Å². The van der Waals surface area contributed by atoms with Gasteiger partial charge in [-0.2, -0.15) is 0 Å². The standard InChI is InChI=1S/C17H14O4/c1-20-17-14(12-18)8-5-9-15(17)21-16(19)11-10-13-6-3-2-4-7-13/h2-12H,1H3. The third kappa shape index (κ3) is 3.79. The van der Waals surface area contributed by atoms with Crippen molar-refractivity contribution in [2.75, 3.05) is 7.11 Å². The summed E-state index contributed by atoms with van der Waals surface area (Å²) in [5, 5.41) is 0. The Balaban J connectivity index is 2.13. The Hall–Kier alpha value is -2.88. The fourth-order valence-corrected chi connectivity index (χ4v) is 1.80. The number of carbonyl (C=O) groups is 2. The molecular weight excluding hydrogens is 268 g/mol. The van der Waals surface area contributed by atoms with Gasteiger partial charge in [-0.3, -0.25) is 4.79 Å². The molecule has 0 saturated carbocycles. The quantitative estimate of drug-likeness (QED) is 0.366. The van der Waals surface area contributed by atoms with Crippen LogP contribution in [0.4, 0.5) is 0 Å². The Morgan fingerprint density at radius 3 is 2.48 bits per heavy atom. The van der Waals surface area contributed by atoms with Crippen molar-refractivity contribution in [2.45, 2.75) is 0 Å². The summed E-state index contributed by atoms with van der Waals surface area (Å²) in [6.07, 6.45) is 3.62. The van der Waals surface area contributed by atoms with E-state index in [2.05, 4.69) is 0 Å². The first-order valence-electron chi connectivity index (χ1n) is 6.31. The van der Waals surface area contributed by atoms with E-state index in [-0.39, 0.29) is 11.5 Å². The highest BCUT2D eigenvalue weighted by Gasteiger charge is 2.11. The van der Waals surface area contributed by atoms with Gasteiger partial charge in [-0.1, -0.05) is 36.4 Å². The van der Waals surface area contributed by atoms with Crippen molar-refractivity contribution < 1.29 is 19.1 Å². The zero-order chi connectivity index (χ0) is 15.1. The molecule has 0 aliphatic rings. The lowest BCUT2D eigenvalue weighted by atomic mass is 10.2. The minimum atomic E-state index is -0.541. The number of hydrogen-bond donors (Lipinski definition) is 0. The Kier molecular flexibility index (Phi) is 4.88. The third-order valence-corrected chi connectivity index (χ3v) is 2.76. The molecule has 0 aliphatic carbocycles. The van der Waals surface area contributed by atoms with Gasteiger partial charge in [0.2, 0.25) is 0 Å². The molecule has 0 aromatic heterocycles. The zero-order valence-electron chi connectivity index (χ0n) is 11.5. The molecule has 0 amide bonds. The predicted octanol–water partition coefficient (Wildman–Crippen LogP) is 3.13. The van der Waals surface area contributed by atoms with Crippen LogP contribution in [-0.2, 0) is 4.79 Å². The molecule has 2 rings (SSSR count). The Labute approximate surface area is 122 Å². The first-order valence-corrected chi connectivity index (χ1v) is 6.31. The molecule has 4 nitrogen and oxygen atoms in total. The van der Waals surface area contributed by atoms with Crippen LogP contribution in [0.25, 0.3) is 6.08 Å². The molecule has 0 unspecified atom stereocenters. The van der Waals surface area contributed by atoms with Crippen molar-refractivity contribution in [3.8, 4) is 11.5 Å². The van der Waals surface area contributed by atoms with Crippen LogP contribution in [0.15, 0.2) is 54.6 Å². The summed E-state index contributed by atoms with van der Waals surface area (Å²) in [4.78, 5) is 22.7. The normalized spacial score (nSPS) is 10.3. The van der Waals surface area contributed by atoms with Crippen LogP contribution in [0.1, 0.15) is 15.9 Å². The Bertz CT molecular complexity index is 660. The van der Waals surface area contributed by atoms with Crippen LogP contribution in [0, 0.1) is 0 Å². The van der Waals surface area contributed by atoms with Crippen LogP contribution < -0.4 is 9.47 Å².